The molecule has 184 valence electrons. The third-order valence-corrected chi connectivity index (χ3v) is 7.41. The summed E-state index contributed by atoms with van der Waals surface area (Å²) in [5.41, 5.74) is 2.84. The second-order valence-electron chi connectivity index (χ2n) is 9.97. The van der Waals surface area contributed by atoms with Crippen molar-refractivity contribution in [1.82, 2.24) is 24.8 Å². The van der Waals surface area contributed by atoms with E-state index in [0.717, 1.165) is 53.3 Å². The van der Waals surface area contributed by atoms with Crippen LogP contribution >= 0.6 is 0 Å². The van der Waals surface area contributed by atoms with Crippen LogP contribution in [0, 0.1) is 5.92 Å². The number of rotatable bonds is 5. The molecule has 2 saturated heterocycles. The molecule has 3 aromatic heterocycles. The van der Waals surface area contributed by atoms with Crippen LogP contribution in [0.25, 0.3) is 22.4 Å². The zero-order chi connectivity index (χ0) is 23.8. The summed E-state index contributed by atoms with van der Waals surface area (Å²) in [5, 5.41) is 1.01. The van der Waals surface area contributed by atoms with E-state index >= 15 is 0 Å². The second-order valence-corrected chi connectivity index (χ2v) is 9.97. The average molecular weight is 477 g/mol. The van der Waals surface area contributed by atoms with Gasteiger partial charge in [-0.3, -0.25) is 0 Å². The fraction of sp³-hybridized carbons (Fsp3) is 0.538. The number of hydrogen-bond acceptors (Lipinski definition) is 7. The molecule has 6 rings (SSSR count). The van der Waals surface area contributed by atoms with Crippen LogP contribution in [-0.4, -0.2) is 76.4 Å². The van der Waals surface area contributed by atoms with Crippen molar-refractivity contribution in [3.05, 3.63) is 36.3 Å². The van der Waals surface area contributed by atoms with E-state index in [0.29, 0.717) is 38.8 Å². The number of carbonyl (C=O) groups is 1. The van der Waals surface area contributed by atoms with Crippen LogP contribution in [0.1, 0.15) is 44.2 Å². The van der Waals surface area contributed by atoms with Gasteiger partial charge in [0.05, 0.1) is 25.9 Å². The Morgan fingerprint density at radius 1 is 1.17 bits per heavy atom. The maximum atomic E-state index is 12.5. The summed E-state index contributed by atoms with van der Waals surface area (Å²) in [6, 6.07) is 6.40. The second kappa shape index (κ2) is 9.45. The Kier molecular flexibility index (Phi) is 6.01. The smallest absolute Gasteiger partial charge is 0.409 e. The first-order valence-electron chi connectivity index (χ1n) is 12.7. The number of fused-ring (bicyclic) bond motifs is 1. The van der Waals surface area contributed by atoms with Crippen LogP contribution in [0.5, 0.6) is 0 Å². The molecule has 0 aromatic carbocycles. The molecule has 1 atom stereocenters. The Balaban J connectivity index is 1.28. The molecule has 0 bridgehead atoms. The molecule has 1 saturated carbocycles. The summed E-state index contributed by atoms with van der Waals surface area (Å²) in [6.45, 7) is 6.29. The molecule has 1 amide bonds. The number of H-pyrrole nitrogens is 1. The number of piperidine rings is 1. The van der Waals surface area contributed by atoms with Gasteiger partial charge < -0.3 is 24.3 Å². The highest BCUT2D eigenvalue weighted by molar-refractivity contribution is 5.91. The van der Waals surface area contributed by atoms with Gasteiger partial charge >= 0.3 is 6.09 Å². The molecule has 0 spiro atoms. The molecule has 3 fully saturated rings. The van der Waals surface area contributed by atoms with Crippen molar-refractivity contribution < 1.29 is 14.3 Å². The summed E-state index contributed by atoms with van der Waals surface area (Å²) in [4.78, 5) is 34.3. The quantitative estimate of drug-likeness (QED) is 0.595. The number of nitrogens with one attached hydrogen (secondary N) is 1. The standard InChI is InChI=1S/C26H32N6O3/c1-17-15-34-13-12-32(17)23-14-22(19-6-10-31(11-7-19)26(33)35-16-18-2-3-18)29-25(30-23)21-5-9-28-24-20(21)4-8-27-24/h4-5,8-9,14,17-19H,2-3,6-7,10-13,15-16H2,1H3,(H,27,28). The molecular weight excluding hydrogens is 444 g/mol. The Bertz CT molecular complexity index is 1200. The van der Waals surface area contributed by atoms with Crippen LogP contribution in [0.2, 0.25) is 0 Å². The molecule has 5 heterocycles. The van der Waals surface area contributed by atoms with E-state index in [1.165, 1.54) is 12.8 Å². The number of morpholine rings is 1. The highest BCUT2D eigenvalue weighted by atomic mass is 16.6. The first-order chi connectivity index (χ1) is 17.2. The van der Waals surface area contributed by atoms with E-state index < -0.39 is 0 Å². The molecule has 1 aliphatic carbocycles. The predicted molar refractivity (Wildman–Crippen MR) is 132 cm³/mol. The first-order valence-corrected chi connectivity index (χ1v) is 12.7. The Labute approximate surface area is 204 Å². The lowest BCUT2D eigenvalue weighted by Gasteiger charge is -2.35. The molecule has 0 radical (unpaired) electrons. The van der Waals surface area contributed by atoms with Crippen molar-refractivity contribution in [3.8, 4) is 11.4 Å². The molecule has 9 heteroatoms. The van der Waals surface area contributed by atoms with Crippen molar-refractivity contribution in [2.45, 2.75) is 44.6 Å². The fourth-order valence-electron chi connectivity index (χ4n) is 5.08. The van der Waals surface area contributed by atoms with Crippen LogP contribution in [-0.2, 0) is 9.47 Å². The SMILES string of the molecule is CC1COCCN1c1cc(C2CCN(C(=O)OCC3CC3)CC2)nc(-c2ccnc3[nH]ccc23)n1. The number of ether oxygens (including phenoxy) is 2. The van der Waals surface area contributed by atoms with Crippen LogP contribution in [0.15, 0.2) is 30.6 Å². The predicted octanol–water partition coefficient (Wildman–Crippen LogP) is 3.97. The van der Waals surface area contributed by atoms with Gasteiger partial charge in [-0.2, -0.15) is 0 Å². The number of nitrogens with zero attached hydrogens (tertiary/aromatic N) is 5. The van der Waals surface area contributed by atoms with Crippen LogP contribution in [0.3, 0.4) is 0 Å². The third kappa shape index (κ3) is 4.69. The first kappa shape index (κ1) is 22.3. The number of aromatic nitrogens is 4. The highest BCUT2D eigenvalue weighted by Gasteiger charge is 2.30. The minimum atomic E-state index is -0.173. The number of carbonyl (C=O) groups excluding carboxylic acids is 1. The average Bonchev–Trinajstić information content (AvgIpc) is 3.60. The van der Waals surface area contributed by atoms with Gasteiger partial charge in [0.25, 0.3) is 0 Å². The summed E-state index contributed by atoms with van der Waals surface area (Å²) < 4.78 is 11.2. The van der Waals surface area contributed by atoms with Gasteiger partial charge in [-0.05, 0) is 50.7 Å². The van der Waals surface area contributed by atoms with Gasteiger partial charge in [-0.15, -0.1) is 0 Å². The minimum Gasteiger partial charge on any atom is -0.449 e. The van der Waals surface area contributed by atoms with Crippen molar-refractivity contribution in [2.75, 3.05) is 44.4 Å². The minimum absolute atomic E-state index is 0.173. The van der Waals surface area contributed by atoms with Crippen LogP contribution in [0.4, 0.5) is 10.6 Å². The van der Waals surface area contributed by atoms with E-state index in [2.05, 4.69) is 27.9 Å². The van der Waals surface area contributed by atoms with E-state index in [-0.39, 0.29) is 18.1 Å². The Hall–Kier alpha value is -3.20. The van der Waals surface area contributed by atoms with Crippen molar-refractivity contribution >= 4 is 22.9 Å². The number of amides is 1. The lowest BCUT2D eigenvalue weighted by molar-refractivity contribution is 0.0887. The highest BCUT2D eigenvalue weighted by Crippen LogP contribution is 2.34. The monoisotopic (exact) mass is 476 g/mol. The van der Waals surface area contributed by atoms with Gasteiger partial charge in [0.2, 0.25) is 0 Å². The number of pyridine rings is 1. The van der Waals surface area contributed by atoms with E-state index in [4.69, 9.17) is 19.4 Å². The van der Waals surface area contributed by atoms with Crippen molar-refractivity contribution in [3.63, 3.8) is 0 Å². The maximum Gasteiger partial charge on any atom is 0.409 e. The topological polar surface area (TPSA) is 96.5 Å². The Morgan fingerprint density at radius 2 is 2.03 bits per heavy atom. The number of likely N-dealkylation sites (tertiary alicyclic amines) is 1. The number of hydrogen-bond donors (Lipinski definition) is 1. The van der Waals surface area contributed by atoms with Crippen molar-refractivity contribution in [2.24, 2.45) is 5.92 Å². The molecule has 1 N–H and O–H groups in total. The normalized spacial score (nSPS) is 21.5. The fourth-order valence-corrected chi connectivity index (χ4v) is 5.08. The summed E-state index contributed by atoms with van der Waals surface area (Å²) >= 11 is 0. The van der Waals surface area contributed by atoms with E-state index in [9.17, 15) is 4.79 Å². The molecule has 3 aromatic rings. The van der Waals surface area contributed by atoms with Gasteiger partial charge in [0.1, 0.15) is 11.5 Å². The Morgan fingerprint density at radius 3 is 2.83 bits per heavy atom. The zero-order valence-corrected chi connectivity index (χ0v) is 20.2. The van der Waals surface area contributed by atoms with Gasteiger partial charge in [0.15, 0.2) is 5.82 Å². The lowest BCUT2D eigenvalue weighted by Crippen LogP contribution is -2.44. The number of anilines is 1. The summed E-state index contributed by atoms with van der Waals surface area (Å²) in [6.07, 6.45) is 7.62. The van der Waals surface area contributed by atoms with E-state index in [1.807, 2.05) is 23.2 Å². The van der Waals surface area contributed by atoms with Gasteiger partial charge in [-0.1, -0.05) is 0 Å². The maximum absolute atomic E-state index is 12.5. The lowest BCUT2D eigenvalue weighted by atomic mass is 9.93. The zero-order valence-electron chi connectivity index (χ0n) is 20.2. The molecule has 35 heavy (non-hydrogen) atoms. The largest absolute Gasteiger partial charge is 0.449 e. The molecule has 1 unspecified atom stereocenters. The van der Waals surface area contributed by atoms with Crippen LogP contribution < -0.4 is 4.90 Å². The molecular formula is C26H32N6O3. The molecule has 9 nitrogen and oxygen atoms in total. The van der Waals surface area contributed by atoms with Crippen molar-refractivity contribution in [1.29, 1.82) is 0 Å². The molecule has 2 aliphatic heterocycles. The van der Waals surface area contributed by atoms with E-state index in [1.54, 1.807) is 6.20 Å². The summed E-state index contributed by atoms with van der Waals surface area (Å²) in [7, 11) is 0. The molecule has 3 aliphatic rings. The van der Waals surface area contributed by atoms with Gasteiger partial charge in [0, 0.05) is 60.7 Å². The van der Waals surface area contributed by atoms with Gasteiger partial charge in [-0.25, -0.2) is 19.7 Å². The number of aromatic amines is 1. The summed E-state index contributed by atoms with van der Waals surface area (Å²) in [5.74, 6) is 2.50. The third-order valence-electron chi connectivity index (χ3n) is 7.41.